The molecule has 0 aliphatic heterocycles. The molecule has 0 unspecified atom stereocenters. The van der Waals surface area contributed by atoms with Crippen LogP contribution in [0.1, 0.15) is 11.4 Å². The van der Waals surface area contributed by atoms with E-state index in [1.807, 2.05) is 0 Å². The summed E-state index contributed by atoms with van der Waals surface area (Å²) in [6.45, 7) is 2.71. The number of rotatable bonds is 12. The summed E-state index contributed by atoms with van der Waals surface area (Å²) in [5, 5.41) is 8.07. The van der Waals surface area contributed by atoms with Crippen molar-refractivity contribution >= 4 is 69.9 Å². The van der Waals surface area contributed by atoms with Gasteiger partial charge in [-0.1, -0.05) is 70.7 Å². The average Bonchev–Trinajstić information content (AvgIpc) is 2.91. The highest BCUT2D eigenvalue weighted by Crippen LogP contribution is 2.38. The molecule has 41 heavy (non-hydrogen) atoms. The molecule has 0 aliphatic carbocycles. The highest BCUT2D eigenvalue weighted by Gasteiger charge is 2.19. The number of benzene rings is 2. The van der Waals surface area contributed by atoms with Crippen LogP contribution in [-0.2, 0) is 17.8 Å². The van der Waals surface area contributed by atoms with Gasteiger partial charge in [0.05, 0.1) is 44.7 Å². The Bertz CT molecular complexity index is 1430. The molecule has 0 saturated carbocycles. The molecule has 2 heterocycles. The Kier molecular flexibility index (Phi) is 10.6. The molecule has 2 aromatic carbocycles. The van der Waals surface area contributed by atoms with Gasteiger partial charge in [-0.05, 0) is 12.1 Å². The molecular formula is C26H28Cl4N10O. The van der Waals surface area contributed by atoms with E-state index in [9.17, 15) is 0 Å². The number of hydrogen-bond acceptors (Lipinski definition) is 11. The van der Waals surface area contributed by atoms with E-state index in [1.54, 1.807) is 36.4 Å². The number of ether oxygens (including phenoxy) is 1. The van der Waals surface area contributed by atoms with Gasteiger partial charge in [0.25, 0.3) is 0 Å². The van der Waals surface area contributed by atoms with E-state index >= 15 is 0 Å². The van der Waals surface area contributed by atoms with Gasteiger partial charge in [0.1, 0.15) is 11.6 Å². The lowest BCUT2D eigenvalue weighted by molar-refractivity contribution is 0.137. The predicted octanol–water partition coefficient (Wildman–Crippen LogP) is 4.44. The van der Waals surface area contributed by atoms with Crippen LogP contribution >= 0.6 is 46.4 Å². The van der Waals surface area contributed by atoms with Crippen molar-refractivity contribution in [3.63, 3.8) is 0 Å². The second-order valence-electron chi connectivity index (χ2n) is 8.75. The number of halogens is 4. The predicted molar refractivity (Wildman–Crippen MR) is 167 cm³/mol. The van der Waals surface area contributed by atoms with Crippen LogP contribution < -0.4 is 33.6 Å². The van der Waals surface area contributed by atoms with E-state index in [1.165, 1.54) is 0 Å². The number of aromatic nitrogens is 4. The minimum atomic E-state index is 0.0662. The highest BCUT2D eigenvalue weighted by molar-refractivity contribution is 6.44. The van der Waals surface area contributed by atoms with Gasteiger partial charge < -0.3 is 38.3 Å². The quantitative estimate of drug-likeness (QED) is 0.120. The van der Waals surface area contributed by atoms with Gasteiger partial charge in [-0.15, -0.1) is 0 Å². The molecule has 0 saturated heterocycles. The van der Waals surface area contributed by atoms with Gasteiger partial charge in [-0.3, -0.25) is 0 Å². The van der Waals surface area contributed by atoms with E-state index in [0.717, 1.165) is 0 Å². The van der Waals surface area contributed by atoms with Gasteiger partial charge in [0, 0.05) is 48.4 Å². The van der Waals surface area contributed by atoms with Gasteiger partial charge in [-0.25, -0.2) is 9.97 Å². The third-order valence-corrected chi connectivity index (χ3v) is 7.57. The average molecular weight is 638 g/mol. The largest absolute Gasteiger partial charge is 0.383 e. The Balaban J connectivity index is 1.27. The Morgan fingerprint density at radius 3 is 1.44 bits per heavy atom. The molecule has 0 amide bonds. The van der Waals surface area contributed by atoms with Crippen molar-refractivity contribution in [2.24, 2.45) is 0 Å². The summed E-state index contributed by atoms with van der Waals surface area (Å²) in [6, 6.07) is 10.5. The fraction of sp³-hybridized carbons (Fsp3) is 0.231. The van der Waals surface area contributed by atoms with Crippen molar-refractivity contribution in [2.45, 2.75) is 13.1 Å². The van der Waals surface area contributed by atoms with Crippen LogP contribution in [0.15, 0.2) is 36.4 Å². The van der Waals surface area contributed by atoms with Gasteiger partial charge in [0.15, 0.2) is 0 Å². The summed E-state index contributed by atoms with van der Waals surface area (Å²) in [5.74, 6) is 0.565. The number of nitrogens with one attached hydrogen (secondary N) is 2. The van der Waals surface area contributed by atoms with Crippen molar-refractivity contribution in [1.29, 1.82) is 0 Å². The summed E-state index contributed by atoms with van der Waals surface area (Å²) >= 11 is 25.2. The van der Waals surface area contributed by atoms with Gasteiger partial charge >= 0.3 is 0 Å². The zero-order chi connectivity index (χ0) is 29.5. The highest BCUT2D eigenvalue weighted by atomic mass is 35.5. The topological polar surface area (TPSA) is 189 Å². The van der Waals surface area contributed by atoms with Crippen LogP contribution in [0.4, 0.5) is 23.5 Å². The van der Waals surface area contributed by atoms with E-state index < -0.39 is 0 Å². The summed E-state index contributed by atoms with van der Waals surface area (Å²) in [6.07, 6.45) is 0. The maximum atomic E-state index is 6.41. The molecule has 4 aromatic rings. The SMILES string of the molecule is Nc1nc(N)c(-c2cccc(Cl)c2Cl)c(CNCCOCCNCc2nc(N)nc(N)c2-c2cccc(Cl)c2Cl)n1. The smallest absolute Gasteiger partial charge is 0.222 e. The molecule has 216 valence electrons. The minimum Gasteiger partial charge on any atom is -0.383 e. The van der Waals surface area contributed by atoms with E-state index in [-0.39, 0.29) is 23.5 Å². The maximum absolute atomic E-state index is 6.41. The molecule has 0 bridgehead atoms. The molecule has 0 atom stereocenters. The summed E-state index contributed by atoms with van der Waals surface area (Å²) in [4.78, 5) is 16.9. The van der Waals surface area contributed by atoms with Crippen LogP contribution in [0.25, 0.3) is 22.3 Å². The molecular weight excluding hydrogens is 610 g/mol. The monoisotopic (exact) mass is 636 g/mol. The van der Waals surface area contributed by atoms with Crippen LogP contribution in [0, 0.1) is 0 Å². The summed E-state index contributed by atoms with van der Waals surface area (Å²) in [5.41, 5.74) is 27.6. The summed E-state index contributed by atoms with van der Waals surface area (Å²) in [7, 11) is 0. The normalized spacial score (nSPS) is 11.2. The number of anilines is 4. The molecule has 4 rings (SSSR count). The zero-order valence-corrected chi connectivity index (χ0v) is 24.7. The van der Waals surface area contributed by atoms with E-state index in [4.69, 9.17) is 74.1 Å². The van der Waals surface area contributed by atoms with Crippen LogP contribution in [0.5, 0.6) is 0 Å². The fourth-order valence-electron chi connectivity index (χ4n) is 4.13. The van der Waals surface area contributed by atoms with Crippen molar-refractivity contribution < 1.29 is 4.74 Å². The molecule has 0 fully saturated rings. The van der Waals surface area contributed by atoms with Crippen molar-refractivity contribution in [1.82, 2.24) is 30.6 Å². The summed E-state index contributed by atoms with van der Waals surface area (Å²) < 4.78 is 5.74. The number of hydrogen-bond donors (Lipinski definition) is 6. The standard InChI is InChI=1S/C26H28Cl4N10O/c27-15-5-1-3-13(21(15)29)19-17(37-25(33)39-23(19)31)11-35-7-9-41-10-8-36-12-18-20(24(32)40-26(34)38-18)14-4-2-6-16(28)22(14)30/h1-6,35-36H,7-12H2,(H4,31,33,37,39)(H4,32,34,38,40). The van der Waals surface area contributed by atoms with Crippen molar-refractivity contribution in [2.75, 3.05) is 49.2 Å². The second kappa shape index (κ2) is 14.1. The third kappa shape index (κ3) is 7.57. The maximum Gasteiger partial charge on any atom is 0.222 e. The van der Waals surface area contributed by atoms with E-state index in [2.05, 4.69) is 30.6 Å². The molecule has 0 radical (unpaired) electrons. The Morgan fingerprint density at radius 1 is 0.610 bits per heavy atom. The minimum absolute atomic E-state index is 0.0662. The molecule has 0 spiro atoms. The first-order valence-corrected chi connectivity index (χ1v) is 13.9. The molecule has 11 nitrogen and oxygen atoms in total. The van der Waals surface area contributed by atoms with E-state index in [0.29, 0.717) is 93.1 Å². The fourth-order valence-corrected chi connectivity index (χ4v) is 4.92. The zero-order valence-electron chi connectivity index (χ0n) is 21.7. The lowest BCUT2D eigenvalue weighted by Gasteiger charge is -2.15. The van der Waals surface area contributed by atoms with Crippen molar-refractivity contribution in [3.8, 4) is 22.3 Å². The Hall–Kier alpha value is -3.16. The lowest BCUT2D eigenvalue weighted by atomic mass is 10.0. The van der Waals surface area contributed by atoms with Gasteiger partial charge in [0.2, 0.25) is 11.9 Å². The molecule has 0 aliphatic rings. The number of nitrogens with zero attached hydrogens (tertiary/aromatic N) is 4. The van der Waals surface area contributed by atoms with Crippen LogP contribution in [0.3, 0.4) is 0 Å². The second-order valence-corrected chi connectivity index (χ2v) is 10.3. The Morgan fingerprint density at radius 2 is 1.02 bits per heavy atom. The Labute approximate surface area is 256 Å². The van der Waals surface area contributed by atoms with Crippen LogP contribution in [0.2, 0.25) is 20.1 Å². The lowest BCUT2D eigenvalue weighted by Crippen LogP contribution is -2.25. The first-order valence-electron chi connectivity index (χ1n) is 12.4. The van der Waals surface area contributed by atoms with Gasteiger partial charge in [-0.2, -0.15) is 9.97 Å². The molecule has 2 aromatic heterocycles. The number of nitrogens with two attached hydrogens (primary N) is 4. The van der Waals surface area contributed by atoms with Crippen LogP contribution in [-0.4, -0.2) is 46.2 Å². The third-order valence-electron chi connectivity index (χ3n) is 5.93. The first-order chi connectivity index (χ1) is 19.7. The number of nitrogen functional groups attached to an aromatic ring is 4. The molecule has 10 N–H and O–H groups in total. The molecule has 15 heteroatoms. The van der Waals surface area contributed by atoms with Crippen molar-refractivity contribution in [3.05, 3.63) is 67.9 Å². The first kappa shape index (κ1) is 30.8.